The summed E-state index contributed by atoms with van der Waals surface area (Å²) in [4.78, 5) is 0. The van der Waals surface area contributed by atoms with E-state index in [2.05, 4.69) is 13.8 Å². The summed E-state index contributed by atoms with van der Waals surface area (Å²) in [5.41, 5.74) is 2.70. The van der Waals surface area contributed by atoms with Gasteiger partial charge in [0.2, 0.25) is 5.75 Å². The molecule has 2 aliphatic rings. The SMILES string of the molecule is CC[C@@H]1c2cc(OC)c(O)c(OC)c2[C@]2(C)CCCC[C@H]12. The Morgan fingerprint density at radius 3 is 2.67 bits per heavy atom. The molecule has 0 unspecified atom stereocenters. The lowest BCUT2D eigenvalue weighted by Crippen LogP contribution is -2.33. The van der Waals surface area contributed by atoms with Gasteiger partial charge in [0.05, 0.1) is 14.2 Å². The lowest BCUT2D eigenvalue weighted by molar-refractivity contribution is 0.191. The summed E-state index contributed by atoms with van der Waals surface area (Å²) >= 11 is 0. The average molecular weight is 290 g/mol. The molecule has 1 saturated carbocycles. The van der Waals surface area contributed by atoms with Crippen molar-refractivity contribution in [2.75, 3.05) is 14.2 Å². The number of ether oxygens (including phenoxy) is 2. The molecule has 0 aromatic heterocycles. The minimum absolute atomic E-state index is 0.128. The van der Waals surface area contributed by atoms with Crippen molar-refractivity contribution in [3.63, 3.8) is 0 Å². The standard InChI is InChI=1S/C18H26O3/c1-5-11-12-10-14(20-3)16(19)17(21-4)15(12)18(2)9-7-6-8-13(11)18/h10-11,13,19H,5-9H2,1-4H3/t11-,13-,18-/m1/s1. The predicted octanol–water partition coefficient (Wildman–Crippen LogP) is 4.36. The second kappa shape index (κ2) is 5.11. The van der Waals surface area contributed by atoms with E-state index in [1.54, 1.807) is 14.2 Å². The van der Waals surface area contributed by atoms with Crippen molar-refractivity contribution in [2.45, 2.75) is 57.3 Å². The van der Waals surface area contributed by atoms with Crippen molar-refractivity contribution in [3.05, 3.63) is 17.2 Å². The number of hydrogen-bond donors (Lipinski definition) is 1. The fraction of sp³-hybridized carbons (Fsp3) is 0.667. The van der Waals surface area contributed by atoms with Crippen LogP contribution < -0.4 is 9.47 Å². The molecule has 2 aliphatic carbocycles. The molecule has 1 N–H and O–H groups in total. The first-order valence-corrected chi connectivity index (χ1v) is 8.06. The molecule has 0 aliphatic heterocycles. The molecule has 0 bridgehead atoms. The highest BCUT2D eigenvalue weighted by Gasteiger charge is 2.51. The minimum Gasteiger partial charge on any atom is -0.502 e. The van der Waals surface area contributed by atoms with Gasteiger partial charge in [0, 0.05) is 5.56 Å². The first-order chi connectivity index (χ1) is 10.1. The summed E-state index contributed by atoms with van der Waals surface area (Å²) in [6.07, 6.45) is 6.17. The highest BCUT2D eigenvalue weighted by Crippen LogP contribution is 2.63. The van der Waals surface area contributed by atoms with Crippen LogP contribution in [0.25, 0.3) is 0 Å². The number of methoxy groups -OCH3 is 2. The fourth-order valence-corrected chi connectivity index (χ4v) is 4.92. The molecule has 0 radical (unpaired) electrons. The highest BCUT2D eigenvalue weighted by molar-refractivity contribution is 5.64. The molecule has 1 aromatic rings. The Balaban J connectivity index is 2.27. The van der Waals surface area contributed by atoms with Crippen LogP contribution in [0.4, 0.5) is 0 Å². The molecule has 0 spiro atoms. The van der Waals surface area contributed by atoms with Crippen LogP contribution in [0.3, 0.4) is 0 Å². The van der Waals surface area contributed by atoms with Gasteiger partial charge in [-0.15, -0.1) is 0 Å². The van der Waals surface area contributed by atoms with Crippen LogP contribution in [0.5, 0.6) is 17.2 Å². The maximum atomic E-state index is 10.5. The predicted molar refractivity (Wildman–Crippen MR) is 83.6 cm³/mol. The molecule has 3 rings (SSSR count). The van der Waals surface area contributed by atoms with Gasteiger partial charge in [-0.05, 0) is 48.1 Å². The van der Waals surface area contributed by atoms with E-state index in [4.69, 9.17) is 9.47 Å². The first kappa shape index (κ1) is 14.6. The van der Waals surface area contributed by atoms with Crippen LogP contribution in [0.1, 0.15) is 63.0 Å². The molecule has 3 heteroatoms. The van der Waals surface area contributed by atoms with Crippen LogP contribution in [0.15, 0.2) is 6.07 Å². The lowest BCUT2D eigenvalue weighted by atomic mass is 9.65. The smallest absolute Gasteiger partial charge is 0.201 e. The van der Waals surface area contributed by atoms with Crippen LogP contribution in [-0.2, 0) is 5.41 Å². The zero-order chi connectivity index (χ0) is 15.2. The van der Waals surface area contributed by atoms with Gasteiger partial charge < -0.3 is 14.6 Å². The van der Waals surface area contributed by atoms with E-state index in [0.29, 0.717) is 23.3 Å². The molecule has 3 atom stereocenters. The maximum absolute atomic E-state index is 10.5. The van der Waals surface area contributed by atoms with Gasteiger partial charge in [-0.1, -0.05) is 26.7 Å². The normalized spacial score (nSPS) is 30.7. The van der Waals surface area contributed by atoms with Crippen molar-refractivity contribution in [3.8, 4) is 17.2 Å². The molecule has 0 heterocycles. The molecule has 21 heavy (non-hydrogen) atoms. The Morgan fingerprint density at radius 1 is 1.29 bits per heavy atom. The molecular weight excluding hydrogens is 264 g/mol. The van der Waals surface area contributed by atoms with E-state index < -0.39 is 0 Å². The van der Waals surface area contributed by atoms with E-state index in [-0.39, 0.29) is 11.2 Å². The van der Waals surface area contributed by atoms with E-state index in [0.717, 1.165) is 6.42 Å². The van der Waals surface area contributed by atoms with Crippen molar-refractivity contribution >= 4 is 0 Å². The number of fused-ring (bicyclic) bond motifs is 3. The Labute approximate surface area is 127 Å². The average Bonchev–Trinajstić information content (AvgIpc) is 2.75. The summed E-state index contributed by atoms with van der Waals surface area (Å²) < 4.78 is 11.0. The van der Waals surface area contributed by atoms with E-state index in [9.17, 15) is 5.11 Å². The Kier molecular flexibility index (Phi) is 3.54. The fourth-order valence-electron chi connectivity index (χ4n) is 4.92. The quantitative estimate of drug-likeness (QED) is 0.898. The first-order valence-electron chi connectivity index (χ1n) is 8.06. The molecule has 1 aromatic carbocycles. The molecule has 116 valence electrons. The zero-order valence-electron chi connectivity index (χ0n) is 13.5. The van der Waals surface area contributed by atoms with Crippen LogP contribution in [0.2, 0.25) is 0 Å². The molecule has 0 amide bonds. The number of aromatic hydroxyl groups is 1. The van der Waals surface area contributed by atoms with Crippen LogP contribution in [0, 0.1) is 5.92 Å². The number of rotatable bonds is 3. The summed E-state index contributed by atoms with van der Waals surface area (Å²) in [6, 6.07) is 2.05. The molecular formula is C18H26O3. The Hall–Kier alpha value is -1.38. The van der Waals surface area contributed by atoms with Gasteiger partial charge in [-0.3, -0.25) is 0 Å². The van der Waals surface area contributed by atoms with E-state index in [1.165, 1.54) is 36.8 Å². The van der Waals surface area contributed by atoms with Gasteiger partial charge in [-0.25, -0.2) is 0 Å². The van der Waals surface area contributed by atoms with Crippen molar-refractivity contribution < 1.29 is 14.6 Å². The van der Waals surface area contributed by atoms with Gasteiger partial charge in [0.25, 0.3) is 0 Å². The zero-order valence-corrected chi connectivity index (χ0v) is 13.5. The second-order valence-electron chi connectivity index (χ2n) is 6.71. The summed E-state index contributed by atoms with van der Waals surface area (Å²) in [6.45, 7) is 4.63. The van der Waals surface area contributed by atoms with Crippen LogP contribution in [-0.4, -0.2) is 19.3 Å². The largest absolute Gasteiger partial charge is 0.502 e. The molecule has 1 fully saturated rings. The number of phenols is 1. The van der Waals surface area contributed by atoms with Gasteiger partial charge in [0.15, 0.2) is 11.5 Å². The van der Waals surface area contributed by atoms with Crippen molar-refractivity contribution in [2.24, 2.45) is 5.92 Å². The minimum atomic E-state index is 0.128. The third-order valence-corrected chi connectivity index (χ3v) is 5.85. The number of phenolic OH excluding ortho intramolecular Hbond substituents is 1. The topological polar surface area (TPSA) is 38.7 Å². The number of benzene rings is 1. The highest BCUT2D eigenvalue weighted by atomic mass is 16.5. The number of hydrogen-bond acceptors (Lipinski definition) is 3. The maximum Gasteiger partial charge on any atom is 0.201 e. The molecule has 3 nitrogen and oxygen atoms in total. The van der Waals surface area contributed by atoms with Gasteiger partial charge >= 0.3 is 0 Å². The van der Waals surface area contributed by atoms with E-state index >= 15 is 0 Å². The second-order valence-corrected chi connectivity index (χ2v) is 6.71. The Bertz CT molecular complexity index is 552. The van der Waals surface area contributed by atoms with Crippen LogP contribution >= 0.6 is 0 Å². The summed E-state index contributed by atoms with van der Waals surface area (Å²) in [5.74, 6) is 2.53. The summed E-state index contributed by atoms with van der Waals surface area (Å²) in [5, 5.41) is 10.5. The monoisotopic (exact) mass is 290 g/mol. The summed E-state index contributed by atoms with van der Waals surface area (Å²) in [7, 11) is 3.25. The van der Waals surface area contributed by atoms with E-state index in [1.807, 2.05) is 6.07 Å². The Morgan fingerprint density at radius 2 is 2.05 bits per heavy atom. The third-order valence-electron chi connectivity index (χ3n) is 5.85. The lowest BCUT2D eigenvalue weighted by Gasteiger charge is -2.39. The molecule has 0 saturated heterocycles. The van der Waals surface area contributed by atoms with Gasteiger partial charge in [0.1, 0.15) is 0 Å². The van der Waals surface area contributed by atoms with Gasteiger partial charge in [-0.2, -0.15) is 0 Å². The third kappa shape index (κ3) is 1.86. The van der Waals surface area contributed by atoms with Crippen molar-refractivity contribution in [1.29, 1.82) is 0 Å². The van der Waals surface area contributed by atoms with Crippen molar-refractivity contribution in [1.82, 2.24) is 0 Å².